The molecule has 6 nitrogen and oxygen atoms in total. The normalized spacial score (nSPS) is 10.3. The Balaban J connectivity index is 2.71. The monoisotopic (exact) mass is 292 g/mol. The van der Waals surface area contributed by atoms with Crippen molar-refractivity contribution in [3.63, 3.8) is 0 Å². The van der Waals surface area contributed by atoms with E-state index in [1.807, 2.05) is 13.8 Å². The Labute approximate surface area is 125 Å². The van der Waals surface area contributed by atoms with E-state index in [2.05, 4.69) is 10.6 Å². The molecule has 6 heteroatoms. The van der Waals surface area contributed by atoms with Crippen LogP contribution in [0.4, 0.5) is 11.4 Å². The minimum atomic E-state index is -0.107. The van der Waals surface area contributed by atoms with Gasteiger partial charge in [0.2, 0.25) is 5.91 Å². The molecule has 0 atom stereocenters. The number of rotatable bonds is 6. The minimum absolute atomic E-state index is 0.0260. The molecule has 1 aromatic rings. The van der Waals surface area contributed by atoms with Gasteiger partial charge in [-0.05, 0) is 32.0 Å². The number of anilines is 2. The summed E-state index contributed by atoms with van der Waals surface area (Å²) in [6.45, 7) is 4.27. The predicted octanol–water partition coefficient (Wildman–Crippen LogP) is 1.30. The molecule has 0 saturated carbocycles. The van der Waals surface area contributed by atoms with Gasteiger partial charge in [-0.1, -0.05) is 0 Å². The maximum Gasteiger partial charge on any atom is 0.255 e. The maximum absolute atomic E-state index is 12.1. The molecular formula is C15H24N4O2. The second-order valence-corrected chi connectivity index (χ2v) is 5.40. The van der Waals surface area contributed by atoms with E-state index in [4.69, 9.17) is 5.73 Å². The summed E-state index contributed by atoms with van der Waals surface area (Å²) < 4.78 is 0. The highest BCUT2D eigenvalue weighted by Gasteiger charge is 2.13. The van der Waals surface area contributed by atoms with Crippen molar-refractivity contribution in [3.05, 3.63) is 23.8 Å². The van der Waals surface area contributed by atoms with Gasteiger partial charge in [0.05, 0.1) is 5.56 Å². The van der Waals surface area contributed by atoms with Gasteiger partial charge < -0.3 is 21.3 Å². The van der Waals surface area contributed by atoms with Crippen LogP contribution in [0.15, 0.2) is 18.2 Å². The Morgan fingerprint density at radius 1 is 1.29 bits per heavy atom. The van der Waals surface area contributed by atoms with Crippen LogP contribution in [0.25, 0.3) is 0 Å². The molecule has 0 heterocycles. The number of benzene rings is 1. The van der Waals surface area contributed by atoms with E-state index in [9.17, 15) is 9.59 Å². The molecular weight excluding hydrogens is 268 g/mol. The molecule has 0 fully saturated rings. The van der Waals surface area contributed by atoms with Gasteiger partial charge in [-0.15, -0.1) is 0 Å². The lowest BCUT2D eigenvalue weighted by Gasteiger charge is -2.16. The summed E-state index contributed by atoms with van der Waals surface area (Å²) in [6.07, 6.45) is 0.336. The average molecular weight is 292 g/mol. The molecule has 0 aromatic heterocycles. The summed E-state index contributed by atoms with van der Waals surface area (Å²) in [5, 5.41) is 5.92. The van der Waals surface area contributed by atoms with Crippen molar-refractivity contribution in [2.75, 3.05) is 31.7 Å². The molecule has 0 spiro atoms. The fraction of sp³-hybridized carbons (Fsp3) is 0.467. The molecule has 1 aromatic carbocycles. The number of nitrogens with one attached hydrogen (secondary N) is 2. The van der Waals surface area contributed by atoms with E-state index in [-0.39, 0.29) is 17.9 Å². The van der Waals surface area contributed by atoms with Gasteiger partial charge in [0, 0.05) is 44.5 Å². The Bertz CT molecular complexity index is 512. The number of carbonyl (C=O) groups is 2. The molecule has 0 saturated heterocycles. The number of hydrogen-bond donors (Lipinski definition) is 3. The fourth-order valence-electron chi connectivity index (χ4n) is 1.84. The minimum Gasteiger partial charge on any atom is -0.399 e. The first-order valence-corrected chi connectivity index (χ1v) is 6.95. The Hall–Kier alpha value is -2.24. The van der Waals surface area contributed by atoms with Gasteiger partial charge in [-0.2, -0.15) is 0 Å². The number of amides is 2. The van der Waals surface area contributed by atoms with Crippen LogP contribution in [0.1, 0.15) is 30.6 Å². The third-order valence-corrected chi connectivity index (χ3v) is 2.80. The third kappa shape index (κ3) is 5.33. The van der Waals surface area contributed by atoms with Gasteiger partial charge in [-0.3, -0.25) is 9.59 Å². The highest BCUT2D eigenvalue weighted by Crippen LogP contribution is 2.20. The van der Waals surface area contributed by atoms with Gasteiger partial charge in [-0.25, -0.2) is 0 Å². The first-order valence-electron chi connectivity index (χ1n) is 6.95. The van der Waals surface area contributed by atoms with E-state index in [0.717, 1.165) is 0 Å². The molecule has 0 radical (unpaired) electrons. The summed E-state index contributed by atoms with van der Waals surface area (Å²) >= 11 is 0. The number of nitrogens with two attached hydrogens (primary N) is 1. The smallest absolute Gasteiger partial charge is 0.255 e. The molecule has 0 unspecified atom stereocenters. The van der Waals surface area contributed by atoms with Gasteiger partial charge in [0.15, 0.2) is 0 Å². The molecule has 0 aliphatic carbocycles. The van der Waals surface area contributed by atoms with Gasteiger partial charge in [0.1, 0.15) is 0 Å². The van der Waals surface area contributed by atoms with Crippen LogP contribution in [-0.4, -0.2) is 43.4 Å². The summed E-state index contributed by atoms with van der Waals surface area (Å²) in [5.41, 5.74) is 7.51. The second-order valence-electron chi connectivity index (χ2n) is 5.40. The third-order valence-electron chi connectivity index (χ3n) is 2.80. The highest BCUT2D eigenvalue weighted by molar-refractivity contribution is 6.00. The van der Waals surface area contributed by atoms with Crippen LogP contribution in [0, 0.1) is 0 Å². The van der Waals surface area contributed by atoms with Crippen molar-refractivity contribution < 1.29 is 9.59 Å². The van der Waals surface area contributed by atoms with E-state index >= 15 is 0 Å². The van der Waals surface area contributed by atoms with Crippen LogP contribution in [0.3, 0.4) is 0 Å². The Morgan fingerprint density at radius 3 is 2.52 bits per heavy atom. The van der Waals surface area contributed by atoms with Crippen LogP contribution >= 0.6 is 0 Å². The van der Waals surface area contributed by atoms with Crippen molar-refractivity contribution in [2.24, 2.45) is 0 Å². The van der Waals surface area contributed by atoms with Crippen LogP contribution < -0.4 is 16.4 Å². The second kappa shape index (κ2) is 7.52. The fourth-order valence-corrected chi connectivity index (χ4v) is 1.84. The first kappa shape index (κ1) is 16.8. The molecule has 0 bridgehead atoms. The number of carbonyl (C=O) groups excluding carboxylic acids is 2. The van der Waals surface area contributed by atoms with Gasteiger partial charge >= 0.3 is 0 Å². The van der Waals surface area contributed by atoms with Gasteiger partial charge in [0.25, 0.3) is 5.91 Å². The largest absolute Gasteiger partial charge is 0.399 e. The average Bonchev–Trinajstić information content (AvgIpc) is 2.37. The zero-order chi connectivity index (χ0) is 16.0. The van der Waals surface area contributed by atoms with E-state index in [1.54, 1.807) is 32.3 Å². The number of nitrogen functional groups attached to an aromatic ring is 1. The topological polar surface area (TPSA) is 87.5 Å². The molecule has 21 heavy (non-hydrogen) atoms. The lowest BCUT2D eigenvalue weighted by molar-refractivity contribution is -0.121. The lowest BCUT2D eigenvalue weighted by atomic mass is 10.1. The van der Waals surface area contributed by atoms with E-state index in [1.165, 1.54) is 4.90 Å². The Morgan fingerprint density at radius 2 is 1.95 bits per heavy atom. The number of hydrogen-bond acceptors (Lipinski definition) is 4. The Kier molecular flexibility index (Phi) is 6.02. The standard InChI is InChI=1S/C15H24N4O2/c1-10(2)18-14(20)7-8-17-13-9-11(16)5-6-12(13)15(21)19(3)4/h5-6,9-10,17H,7-8,16H2,1-4H3,(H,18,20). The van der Waals surface area contributed by atoms with Crippen molar-refractivity contribution in [3.8, 4) is 0 Å². The summed E-state index contributed by atoms with van der Waals surface area (Å²) in [5.74, 6) is -0.133. The van der Waals surface area contributed by atoms with Crippen LogP contribution in [0.2, 0.25) is 0 Å². The molecule has 4 N–H and O–H groups in total. The van der Waals surface area contributed by atoms with Crippen molar-refractivity contribution in [2.45, 2.75) is 26.3 Å². The highest BCUT2D eigenvalue weighted by atomic mass is 16.2. The zero-order valence-electron chi connectivity index (χ0n) is 13.1. The predicted molar refractivity (Wildman–Crippen MR) is 85.3 cm³/mol. The summed E-state index contributed by atoms with van der Waals surface area (Å²) in [6, 6.07) is 5.20. The van der Waals surface area contributed by atoms with Crippen LogP contribution in [0.5, 0.6) is 0 Å². The summed E-state index contributed by atoms with van der Waals surface area (Å²) in [4.78, 5) is 25.2. The van der Waals surface area contributed by atoms with Crippen molar-refractivity contribution >= 4 is 23.2 Å². The number of nitrogens with zero attached hydrogens (tertiary/aromatic N) is 1. The van der Waals surface area contributed by atoms with E-state index in [0.29, 0.717) is 29.9 Å². The molecule has 0 aliphatic rings. The zero-order valence-corrected chi connectivity index (χ0v) is 13.1. The molecule has 116 valence electrons. The first-order chi connectivity index (χ1) is 9.81. The molecule has 0 aliphatic heterocycles. The molecule has 1 rings (SSSR count). The lowest BCUT2D eigenvalue weighted by Crippen LogP contribution is -2.31. The maximum atomic E-state index is 12.1. The SMILES string of the molecule is CC(C)NC(=O)CCNc1cc(N)ccc1C(=O)N(C)C. The molecule has 2 amide bonds. The van der Waals surface area contributed by atoms with Crippen molar-refractivity contribution in [1.29, 1.82) is 0 Å². The van der Waals surface area contributed by atoms with E-state index < -0.39 is 0 Å². The van der Waals surface area contributed by atoms with Crippen molar-refractivity contribution in [1.82, 2.24) is 10.2 Å². The van der Waals surface area contributed by atoms with Crippen LogP contribution in [-0.2, 0) is 4.79 Å². The quantitative estimate of drug-likeness (QED) is 0.690. The summed E-state index contributed by atoms with van der Waals surface area (Å²) in [7, 11) is 3.39.